The number of nitrogens with zero attached hydrogens (tertiary/aromatic N) is 4. The summed E-state index contributed by atoms with van der Waals surface area (Å²) in [5, 5.41) is 1.71. The number of carbonyl (C=O) groups excluding carboxylic acids is 1. The van der Waals surface area contributed by atoms with Crippen LogP contribution in [-0.4, -0.2) is 65.2 Å². The van der Waals surface area contributed by atoms with Gasteiger partial charge in [-0.3, -0.25) is 4.98 Å². The first-order valence-corrected chi connectivity index (χ1v) is 10.8. The van der Waals surface area contributed by atoms with Crippen LogP contribution in [0.4, 0.5) is 18.0 Å². The molecule has 1 aliphatic heterocycles. The number of rotatable bonds is 4. The van der Waals surface area contributed by atoms with Crippen LogP contribution in [0.3, 0.4) is 0 Å². The number of hydrogen-bond donors (Lipinski definition) is 1. The number of aryl methyl sites for hydroxylation is 1. The topological polar surface area (TPSA) is 61.4 Å². The molecule has 2 heterocycles. The second-order valence-electron chi connectivity index (χ2n) is 7.95. The van der Waals surface area contributed by atoms with Crippen LogP contribution in [0.25, 0.3) is 11.3 Å². The lowest BCUT2D eigenvalue weighted by Crippen LogP contribution is -2.50. The van der Waals surface area contributed by atoms with Crippen LogP contribution < -0.4 is 5.32 Å². The van der Waals surface area contributed by atoms with E-state index in [1.54, 1.807) is 13.1 Å². The van der Waals surface area contributed by atoms with Crippen molar-refractivity contribution in [2.45, 2.75) is 38.0 Å². The SMILES string of the molecule is Cc1cncc(-c2ccc([C@@H](NC(=O)N(C)C3CCN(C)CC3)C(F)(F)F)c(Cl)c2Cl)n1. The maximum atomic E-state index is 13.9. The number of hydrogen-bond acceptors (Lipinski definition) is 4. The van der Waals surface area contributed by atoms with Crippen molar-refractivity contribution in [3.8, 4) is 11.3 Å². The third-order valence-electron chi connectivity index (χ3n) is 5.61. The van der Waals surface area contributed by atoms with E-state index in [2.05, 4.69) is 20.2 Å². The van der Waals surface area contributed by atoms with E-state index in [0.717, 1.165) is 13.1 Å². The zero-order valence-electron chi connectivity index (χ0n) is 17.9. The van der Waals surface area contributed by atoms with Gasteiger partial charge in [-0.2, -0.15) is 13.2 Å². The average molecular weight is 490 g/mol. The van der Waals surface area contributed by atoms with E-state index in [4.69, 9.17) is 23.2 Å². The Morgan fingerprint density at radius 3 is 2.47 bits per heavy atom. The van der Waals surface area contributed by atoms with Gasteiger partial charge in [0, 0.05) is 30.4 Å². The summed E-state index contributed by atoms with van der Waals surface area (Å²) in [6.07, 6.45) is -0.403. The van der Waals surface area contributed by atoms with Gasteiger partial charge in [-0.15, -0.1) is 0 Å². The van der Waals surface area contributed by atoms with Crippen molar-refractivity contribution in [2.75, 3.05) is 27.2 Å². The van der Waals surface area contributed by atoms with Crippen LogP contribution in [0, 0.1) is 6.92 Å². The van der Waals surface area contributed by atoms with Crippen molar-refractivity contribution in [3.05, 3.63) is 45.8 Å². The summed E-state index contributed by atoms with van der Waals surface area (Å²) in [6.45, 7) is 3.28. The van der Waals surface area contributed by atoms with Crippen molar-refractivity contribution in [1.82, 2.24) is 25.1 Å². The fourth-order valence-electron chi connectivity index (χ4n) is 3.69. The molecule has 0 bridgehead atoms. The fourth-order valence-corrected chi connectivity index (χ4v) is 4.23. The van der Waals surface area contributed by atoms with E-state index in [1.807, 2.05) is 7.05 Å². The Morgan fingerprint density at radius 1 is 1.22 bits per heavy atom. The molecule has 1 N–H and O–H groups in total. The van der Waals surface area contributed by atoms with E-state index >= 15 is 0 Å². The number of urea groups is 1. The van der Waals surface area contributed by atoms with E-state index in [0.29, 0.717) is 29.8 Å². The minimum Gasteiger partial charge on any atom is -0.325 e. The van der Waals surface area contributed by atoms with Gasteiger partial charge < -0.3 is 15.1 Å². The van der Waals surface area contributed by atoms with E-state index < -0.39 is 18.2 Å². The zero-order chi connectivity index (χ0) is 23.6. The number of nitrogens with one attached hydrogen (secondary N) is 1. The van der Waals surface area contributed by atoms with Gasteiger partial charge in [0.1, 0.15) is 0 Å². The van der Waals surface area contributed by atoms with Gasteiger partial charge in [0.2, 0.25) is 0 Å². The molecule has 1 aliphatic rings. The zero-order valence-corrected chi connectivity index (χ0v) is 19.4. The van der Waals surface area contributed by atoms with Gasteiger partial charge in [-0.1, -0.05) is 35.3 Å². The number of carbonyl (C=O) groups is 1. The normalized spacial score (nSPS) is 16.6. The van der Waals surface area contributed by atoms with Crippen molar-refractivity contribution < 1.29 is 18.0 Å². The highest BCUT2D eigenvalue weighted by molar-refractivity contribution is 6.44. The summed E-state index contributed by atoms with van der Waals surface area (Å²) >= 11 is 12.6. The monoisotopic (exact) mass is 489 g/mol. The van der Waals surface area contributed by atoms with Gasteiger partial charge in [0.15, 0.2) is 6.04 Å². The molecule has 0 aliphatic carbocycles. The molecule has 11 heteroatoms. The maximum Gasteiger partial charge on any atom is 0.412 e. The van der Waals surface area contributed by atoms with E-state index in [1.165, 1.54) is 30.3 Å². The Balaban J connectivity index is 1.88. The van der Waals surface area contributed by atoms with Crippen LogP contribution in [0.5, 0.6) is 0 Å². The van der Waals surface area contributed by atoms with Crippen LogP contribution in [0.15, 0.2) is 24.5 Å². The molecule has 32 heavy (non-hydrogen) atoms. The molecule has 1 atom stereocenters. The van der Waals surface area contributed by atoms with Crippen LogP contribution in [0.2, 0.25) is 10.0 Å². The first-order chi connectivity index (χ1) is 15.0. The Morgan fingerprint density at radius 2 is 1.88 bits per heavy atom. The highest BCUT2D eigenvalue weighted by Gasteiger charge is 2.44. The largest absolute Gasteiger partial charge is 0.412 e. The number of alkyl halides is 3. The predicted molar refractivity (Wildman–Crippen MR) is 118 cm³/mol. The van der Waals surface area contributed by atoms with Crippen molar-refractivity contribution in [1.29, 1.82) is 0 Å². The molecular formula is C21H24Cl2F3N5O. The van der Waals surface area contributed by atoms with Gasteiger partial charge >= 0.3 is 12.2 Å². The molecule has 0 spiro atoms. The highest BCUT2D eigenvalue weighted by atomic mass is 35.5. The predicted octanol–water partition coefficient (Wildman–Crippen LogP) is 5.10. The highest BCUT2D eigenvalue weighted by Crippen LogP contribution is 2.42. The number of aromatic nitrogens is 2. The molecule has 174 valence electrons. The number of benzene rings is 1. The first-order valence-electron chi connectivity index (χ1n) is 10.0. The molecule has 0 radical (unpaired) electrons. The Bertz CT molecular complexity index is 980. The van der Waals surface area contributed by atoms with Crippen molar-refractivity contribution >= 4 is 29.2 Å². The molecule has 1 saturated heterocycles. The summed E-state index contributed by atoms with van der Waals surface area (Å²) in [6, 6.07) is -0.657. The van der Waals surface area contributed by atoms with Crippen LogP contribution >= 0.6 is 23.2 Å². The number of piperidine rings is 1. The van der Waals surface area contributed by atoms with Crippen LogP contribution in [-0.2, 0) is 0 Å². The van der Waals surface area contributed by atoms with Crippen molar-refractivity contribution in [2.24, 2.45) is 0 Å². The summed E-state index contributed by atoms with van der Waals surface area (Å²) in [4.78, 5) is 24.4. The second kappa shape index (κ2) is 9.80. The lowest BCUT2D eigenvalue weighted by atomic mass is 10.0. The van der Waals surface area contributed by atoms with E-state index in [9.17, 15) is 18.0 Å². The average Bonchev–Trinajstić information content (AvgIpc) is 2.73. The Labute approximate surface area is 194 Å². The van der Waals surface area contributed by atoms with Crippen molar-refractivity contribution in [3.63, 3.8) is 0 Å². The maximum absolute atomic E-state index is 13.9. The minimum atomic E-state index is -4.78. The summed E-state index contributed by atoms with van der Waals surface area (Å²) in [5.41, 5.74) is 1.03. The third-order valence-corrected chi connectivity index (χ3v) is 6.50. The Hall–Kier alpha value is -2.10. The fraction of sp³-hybridized carbons (Fsp3) is 0.476. The molecule has 2 aromatic rings. The Kier molecular flexibility index (Phi) is 7.52. The van der Waals surface area contributed by atoms with Crippen LogP contribution in [0.1, 0.15) is 30.1 Å². The van der Waals surface area contributed by atoms with E-state index in [-0.39, 0.29) is 21.7 Å². The molecule has 0 saturated carbocycles. The molecule has 2 amide bonds. The van der Waals surface area contributed by atoms with Gasteiger partial charge in [-0.05, 0) is 39.9 Å². The standard InChI is InChI=1S/C21H24Cl2F3N5O/c1-12-10-27-11-16(28-12)14-4-5-15(18(23)17(14)22)19(21(24,25)26)29-20(32)31(3)13-6-8-30(2)9-7-13/h4-5,10-11,13,19H,6-9H2,1-3H3,(H,29,32)/t19-/m1/s1. The van der Waals surface area contributed by atoms with Gasteiger partial charge in [0.05, 0.1) is 27.6 Å². The molecule has 1 aromatic heterocycles. The number of amides is 2. The quantitative estimate of drug-likeness (QED) is 0.648. The first kappa shape index (κ1) is 24.5. The minimum absolute atomic E-state index is 0.0868. The molecule has 6 nitrogen and oxygen atoms in total. The smallest absolute Gasteiger partial charge is 0.325 e. The molecule has 0 unspecified atom stereocenters. The third kappa shape index (κ3) is 5.44. The number of likely N-dealkylation sites (tertiary alicyclic amines) is 1. The second-order valence-corrected chi connectivity index (χ2v) is 8.70. The molecule has 1 aromatic carbocycles. The van der Waals surface area contributed by atoms with Gasteiger partial charge in [-0.25, -0.2) is 9.78 Å². The summed E-state index contributed by atoms with van der Waals surface area (Å²) < 4.78 is 41.8. The summed E-state index contributed by atoms with van der Waals surface area (Å²) in [7, 11) is 3.47. The number of halogens is 5. The molecule has 1 fully saturated rings. The summed E-state index contributed by atoms with van der Waals surface area (Å²) in [5.74, 6) is 0. The molecular weight excluding hydrogens is 466 g/mol. The lowest BCUT2D eigenvalue weighted by molar-refractivity contribution is -0.155. The molecule has 3 rings (SSSR count). The van der Waals surface area contributed by atoms with Gasteiger partial charge in [0.25, 0.3) is 0 Å². The lowest BCUT2D eigenvalue weighted by Gasteiger charge is -2.36.